The fourth-order valence-corrected chi connectivity index (χ4v) is 8.50. The zero-order valence-corrected chi connectivity index (χ0v) is 36.3. The Bertz CT molecular complexity index is 1250. The van der Waals surface area contributed by atoms with Gasteiger partial charge in [0, 0.05) is 38.8 Å². The molecule has 0 saturated carbocycles. The first-order valence-corrected chi connectivity index (χ1v) is 23.3. The molecule has 0 spiro atoms. The number of nitrogens with zero attached hydrogens (tertiary/aromatic N) is 2. The van der Waals surface area contributed by atoms with E-state index in [0.29, 0.717) is 0 Å². The van der Waals surface area contributed by atoms with Crippen LogP contribution in [0.2, 0.25) is 0 Å². The van der Waals surface area contributed by atoms with Crippen LogP contribution in [0.25, 0.3) is 16.9 Å². The molecule has 306 valence electrons. The van der Waals surface area contributed by atoms with Crippen LogP contribution in [0, 0.1) is 0 Å². The van der Waals surface area contributed by atoms with E-state index in [-0.39, 0.29) is 16.5 Å². The van der Waals surface area contributed by atoms with Crippen molar-refractivity contribution in [1.29, 1.82) is 0 Å². The van der Waals surface area contributed by atoms with Gasteiger partial charge in [0.15, 0.2) is 0 Å². The van der Waals surface area contributed by atoms with Crippen LogP contribution >= 0.6 is 0 Å². The summed E-state index contributed by atoms with van der Waals surface area (Å²) in [5.41, 5.74) is 18.7. The second-order valence-corrected chi connectivity index (χ2v) is 16.5. The van der Waals surface area contributed by atoms with Gasteiger partial charge in [0.25, 0.3) is 0 Å². The van der Waals surface area contributed by atoms with Gasteiger partial charge in [-0.3, -0.25) is 0 Å². The number of unbranched alkanes of at least 4 members (excludes halogenated alkanes) is 29. The molecule has 0 N–H and O–H groups in total. The summed E-state index contributed by atoms with van der Waals surface area (Å²) >= 11 is 0. The third-order valence-electron chi connectivity index (χ3n) is 11.8. The summed E-state index contributed by atoms with van der Waals surface area (Å²) in [6.07, 6.45) is 45.6. The van der Waals surface area contributed by atoms with Gasteiger partial charge in [-0.1, -0.05) is 236 Å². The van der Waals surface area contributed by atoms with Crippen molar-refractivity contribution >= 4 is 11.4 Å². The Hall–Kier alpha value is -1.99. The Morgan fingerprint density at radius 1 is 0.333 bits per heavy atom. The molecule has 0 aliphatic carbocycles. The molecular formula is C51H82N2Ni. The van der Waals surface area contributed by atoms with Crippen molar-refractivity contribution in [3.8, 4) is 0 Å². The van der Waals surface area contributed by atoms with Crippen molar-refractivity contribution in [2.45, 2.75) is 226 Å². The summed E-state index contributed by atoms with van der Waals surface area (Å²) in [4.78, 5) is 0. The van der Waals surface area contributed by atoms with Crippen molar-refractivity contribution in [1.82, 2.24) is 0 Å². The van der Waals surface area contributed by atoms with Crippen LogP contribution in [-0.2, 0) is 16.5 Å². The maximum absolute atomic E-state index is 11.7. The van der Waals surface area contributed by atoms with Gasteiger partial charge in [-0.15, -0.1) is 0 Å². The molecule has 0 atom stereocenters. The number of benzene rings is 2. The van der Waals surface area contributed by atoms with Crippen molar-refractivity contribution < 1.29 is 21.2 Å². The first kappa shape index (κ1) is 48.2. The van der Waals surface area contributed by atoms with Crippen LogP contribution in [0.3, 0.4) is 0 Å². The molecule has 54 heavy (non-hydrogen) atoms. The molecule has 0 amide bonds. The number of allylic oxidation sites excluding steroid dienone is 2. The van der Waals surface area contributed by atoms with E-state index in [9.17, 15) is 5.53 Å². The van der Waals surface area contributed by atoms with Gasteiger partial charge >= 0.3 is 0 Å². The smallest absolute Gasteiger partial charge is 0.211 e. The molecule has 3 rings (SSSR count). The van der Waals surface area contributed by atoms with Crippen LogP contribution in [-0.4, -0.2) is 4.70 Å². The van der Waals surface area contributed by atoms with E-state index >= 15 is 0 Å². The van der Waals surface area contributed by atoms with Crippen LogP contribution in [0.15, 0.2) is 71.8 Å². The standard InChI is InChI=1S/C51H82N2.Ni/c1-3-5-7-9-10-11-12-13-14-15-16-17-18-19-20-21-22-23-24-25-26-27-28-29-30-31-39-45-49-48(44-38-8-6-4-2)50(46-40-34-32-35-41-46)53(52)51(49)47-42-36-33-37-43-47;/h32-37,40-43H,3-31,38-39,44-45H2,1-2H3;. The monoisotopic (exact) mass is 781 g/mol. The van der Waals surface area contributed by atoms with Gasteiger partial charge in [0.1, 0.15) is 0 Å². The largest absolute Gasteiger partial charge is 0.493 e. The fourth-order valence-electron chi connectivity index (χ4n) is 8.50. The van der Waals surface area contributed by atoms with Gasteiger partial charge in [0.05, 0.1) is 0 Å². The molecule has 2 aromatic rings. The van der Waals surface area contributed by atoms with E-state index in [1.807, 2.05) is 0 Å². The van der Waals surface area contributed by atoms with E-state index in [2.05, 4.69) is 74.5 Å². The molecule has 1 aliphatic rings. The molecule has 2 aromatic carbocycles. The molecule has 0 aromatic heterocycles. The molecule has 0 radical (unpaired) electrons. The van der Waals surface area contributed by atoms with Gasteiger partial charge in [-0.2, -0.15) is 0 Å². The van der Waals surface area contributed by atoms with Crippen LogP contribution in [0.4, 0.5) is 0 Å². The minimum absolute atomic E-state index is 0. The Morgan fingerprint density at radius 3 is 0.815 bits per heavy atom. The van der Waals surface area contributed by atoms with E-state index in [0.717, 1.165) is 35.4 Å². The summed E-state index contributed by atoms with van der Waals surface area (Å²) < 4.78 is 1.52. The quantitative estimate of drug-likeness (QED) is 0.0378. The van der Waals surface area contributed by atoms with Crippen LogP contribution < -0.4 is 0 Å². The second kappa shape index (κ2) is 33.2. The Morgan fingerprint density at radius 2 is 0.556 bits per heavy atom. The average Bonchev–Trinajstić information content (AvgIpc) is 3.46. The van der Waals surface area contributed by atoms with Crippen LogP contribution in [0.1, 0.15) is 237 Å². The maximum atomic E-state index is 11.7. The molecular weight excluding hydrogens is 699 g/mol. The third-order valence-corrected chi connectivity index (χ3v) is 11.8. The normalized spacial score (nSPS) is 13.0. The minimum atomic E-state index is 0. The first-order valence-electron chi connectivity index (χ1n) is 23.3. The predicted molar refractivity (Wildman–Crippen MR) is 234 cm³/mol. The summed E-state index contributed by atoms with van der Waals surface area (Å²) in [6, 6.07) is 21.1. The number of hydrogen-bond donors (Lipinski definition) is 0. The predicted octanol–water partition coefficient (Wildman–Crippen LogP) is 17.8. The Labute approximate surface area is 345 Å². The SMILES string of the molecule is CCCCCCCCCCCCCCCCCCCCCCCCCCCCCC1=C(c2ccccc2)[N+](=[N-])C(c2ccccc2)=C1CCCCCC.[Ni]. The fraction of sp³-hybridized carbons (Fsp3) is 0.686. The number of hydrogen-bond acceptors (Lipinski definition) is 0. The molecule has 0 saturated heterocycles. The van der Waals surface area contributed by atoms with Gasteiger partial charge < -0.3 is 5.53 Å². The molecule has 0 unspecified atom stereocenters. The molecule has 2 nitrogen and oxygen atoms in total. The van der Waals surface area contributed by atoms with Crippen molar-refractivity contribution in [2.24, 2.45) is 0 Å². The Kier molecular flexibility index (Phi) is 29.6. The average molecular weight is 782 g/mol. The summed E-state index contributed by atoms with van der Waals surface area (Å²) in [7, 11) is 0. The number of rotatable bonds is 35. The third kappa shape index (κ3) is 20.3. The minimum Gasteiger partial charge on any atom is -0.493 e. The van der Waals surface area contributed by atoms with E-state index in [1.165, 1.54) is 215 Å². The van der Waals surface area contributed by atoms with Gasteiger partial charge in [-0.05, 0) is 49.9 Å². The first-order chi connectivity index (χ1) is 26.3. The molecule has 0 bridgehead atoms. The second-order valence-electron chi connectivity index (χ2n) is 16.5. The van der Waals surface area contributed by atoms with Crippen molar-refractivity contribution in [2.75, 3.05) is 0 Å². The maximum Gasteiger partial charge on any atom is 0.211 e. The summed E-state index contributed by atoms with van der Waals surface area (Å²) in [5.74, 6) is 0. The zero-order chi connectivity index (χ0) is 37.4. The van der Waals surface area contributed by atoms with Crippen molar-refractivity contribution in [3.05, 3.63) is 88.5 Å². The molecule has 1 aliphatic heterocycles. The van der Waals surface area contributed by atoms with Gasteiger partial charge in [0.2, 0.25) is 11.4 Å². The summed E-state index contributed by atoms with van der Waals surface area (Å²) in [6.45, 7) is 4.59. The molecule has 0 fully saturated rings. The van der Waals surface area contributed by atoms with Crippen LogP contribution in [0.5, 0.6) is 0 Å². The van der Waals surface area contributed by atoms with E-state index in [4.69, 9.17) is 0 Å². The zero-order valence-electron chi connectivity index (χ0n) is 35.3. The Balaban J connectivity index is 0.0000101. The van der Waals surface area contributed by atoms with Crippen molar-refractivity contribution in [3.63, 3.8) is 0 Å². The molecule has 1 heterocycles. The van der Waals surface area contributed by atoms with E-state index < -0.39 is 0 Å². The van der Waals surface area contributed by atoms with Gasteiger partial charge in [-0.25, -0.2) is 4.70 Å². The van der Waals surface area contributed by atoms with E-state index in [1.54, 1.807) is 0 Å². The summed E-state index contributed by atoms with van der Waals surface area (Å²) in [5, 5.41) is 0. The molecule has 3 heteroatoms. The topological polar surface area (TPSA) is 25.3 Å².